The van der Waals surface area contributed by atoms with Gasteiger partial charge in [0, 0.05) is 6.54 Å². The number of carbonyl (C=O) groups is 1. The fourth-order valence-electron chi connectivity index (χ4n) is 1.60. The Morgan fingerprint density at radius 3 is 2.73 bits per heavy atom. The molecule has 1 fully saturated rings. The molecular formula is C9H15F3N2O. The van der Waals surface area contributed by atoms with Crippen LogP contribution in [0.4, 0.5) is 13.2 Å². The third-order valence-corrected chi connectivity index (χ3v) is 2.35. The predicted octanol–water partition coefficient (Wildman–Crippen LogP) is 1.05. The van der Waals surface area contributed by atoms with E-state index in [1.165, 1.54) is 0 Å². The smallest absolute Gasteiger partial charge is 0.355 e. The van der Waals surface area contributed by atoms with E-state index in [9.17, 15) is 18.0 Å². The van der Waals surface area contributed by atoms with Crippen molar-refractivity contribution >= 4 is 5.91 Å². The van der Waals surface area contributed by atoms with Crippen LogP contribution in [0, 0.1) is 5.92 Å². The van der Waals surface area contributed by atoms with E-state index in [0.717, 1.165) is 25.9 Å². The highest BCUT2D eigenvalue weighted by Gasteiger charge is 2.31. The summed E-state index contributed by atoms with van der Waals surface area (Å²) >= 11 is 0. The number of piperidine rings is 1. The van der Waals surface area contributed by atoms with Crippen LogP contribution in [-0.2, 0) is 4.79 Å². The van der Waals surface area contributed by atoms with Crippen molar-refractivity contribution < 1.29 is 18.0 Å². The van der Waals surface area contributed by atoms with Gasteiger partial charge >= 0.3 is 6.18 Å². The average molecular weight is 224 g/mol. The van der Waals surface area contributed by atoms with Crippen molar-refractivity contribution in [3.63, 3.8) is 0 Å². The van der Waals surface area contributed by atoms with Crippen molar-refractivity contribution in [1.82, 2.24) is 10.6 Å². The molecule has 1 heterocycles. The maximum atomic E-state index is 11.8. The van der Waals surface area contributed by atoms with Gasteiger partial charge in [0.15, 0.2) is 0 Å². The van der Waals surface area contributed by atoms with E-state index < -0.39 is 18.5 Å². The van der Waals surface area contributed by atoms with Gasteiger partial charge in [-0.1, -0.05) is 0 Å². The fourth-order valence-corrected chi connectivity index (χ4v) is 1.60. The molecule has 1 atom stereocenters. The molecule has 0 spiro atoms. The lowest BCUT2D eigenvalue weighted by molar-refractivity contribution is -0.153. The first-order valence-corrected chi connectivity index (χ1v) is 5.01. The van der Waals surface area contributed by atoms with Crippen LogP contribution >= 0.6 is 0 Å². The minimum absolute atomic E-state index is 0.260. The van der Waals surface area contributed by atoms with Crippen LogP contribution in [0.3, 0.4) is 0 Å². The molecule has 0 aromatic heterocycles. The quantitative estimate of drug-likeness (QED) is 0.752. The maximum absolute atomic E-state index is 11.8. The van der Waals surface area contributed by atoms with E-state index in [-0.39, 0.29) is 5.92 Å². The molecule has 1 amide bonds. The van der Waals surface area contributed by atoms with Crippen molar-refractivity contribution in [1.29, 1.82) is 0 Å². The number of amides is 1. The number of hydrogen-bond acceptors (Lipinski definition) is 2. The summed E-state index contributed by atoms with van der Waals surface area (Å²) in [6.45, 7) is 2.06. The van der Waals surface area contributed by atoms with E-state index in [0.29, 0.717) is 6.54 Å². The normalized spacial score (nSPS) is 22.5. The van der Waals surface area contributed by atoms with Crippen LogP contribution in [0.25, 0.3) is 0 Å². The first-order valence-electron chi connectivity index (χ1n) is 5.01. The molecule has 15 heavy (non-hydrogen) atoms. The lowest BCUT2D eigenvalue weighted by atomic mass is 10.00. The van der Waals surface area contributed by atoms with Crippen LogP contribution in [0.1, 0.15) is 19.3 Å². The standard InChI is InChI=1S/C9H15F3N2O/c10-9(11,12)4-8(15)14-6-7-2-1-3-13-5-7/h7,13H,1-6H2,(H,14,15)/t7-/m0/s1. The number of alkyl halides is 3. The largest absolute Gasteiger partial charge is 0.397 e. The summed E-state index contributed by atoms with van der Waals surface area (Å²) in [5, 5.41) is 5.44. The lowest BCUT2D eigenvalue weighted by Gasteiger charge is -2.22. The van der Waals surface area contributed by atoms with Crippen LogP contribution in [0.2, 0.25) is 0 Å². The van der Waals surface area contributed by atoms with E-state index in [4.69, 9.17) is 0 Å². The highest BCUT2D eigenvalue weighted by Crippen LogP contribution is 2.19. The Morgan fingerprint density at radius 2 is 2.20 bits per heavy atom. The zero-order valence-electron chi connectivity index (χ0n) is 8.36. The van der Waals surface area contributed by atoms with Crippen molar-refractivity contribution in [2.24, 2.45) is 5.92 Å². The third-order valence-electron chi connectivity index (χ3n) is 2.35. The number of halogens is 3. The molecule has 3 nitrogen and oxygen atoms in total. The zero-order chi connectivity index (χ0) is 11.3. The van der Waals surface area contributed by atoms with Gasteiger partial charge in [-0.25, -0.2) is 0 Å². The molecule has 0 bridgehead atoms. The van der Waals surface area contributed by atoms with Crippen LogP contribution in [-0.4, -0.2) is 31.7 Å². The van der Waals surface area contributed by atoms with Crippen LogP contribution in [0.5, 0.6) is 0 Å². The summed E-state index contributed by atoms with van der Waals surface area (Å²) in [6, 6.07) is 0. The second kappa shape index (κ2) is 5.34. The van der Waals surface area contributed by atoms with E-state index in [1.807, 2.05) is 0 Å². The second-order valence-corrected chi connectivity index (χ2v) is 3.81. The monoisotopic (exact) mass is 224 g/mol. The molecule has 0 saturated carbocycles. The molecule has 1 saturated heterocycles. The summed E-state index contributed by atoms with van der Waals surface area (Å²) in [4.78, 5) is 10.8. The van der Waals surface area contributed by atoms with Gasteiger partial charge in [-0.15, -0.1) is 0 Å². The second-order valence-electron chi connectivity index (χ2n) is 3.81. The maximum Gasteiger partial charge on any atom is 0.397 e. The number of rotatable bonds is 3. The number of hydrogen-bond donors (Lipinski definition) is 2. The fraction of sp³-hybridized carbons (Fsp3) is 0.889. The Kier molecular flexibility index (Phi) is 4.38. The minimum atomic E-state index is -4.41. The summed E-state index contributed by atoms with van der Waals surface area (Å²) in [5.41, 5.74) is 0. The van der Waals surface area contributed by atoms with Gasteiger partial charge in [0.1, 0.15) is 6.42 Å². The summed E-state index contributed by atoms with van der Waals surface area (Å²) in [7, 11) is 0. The Bertz CT molecular complexity index is 212. The predicted molar refractivity (Wildman–Crippen MR) is 49.3 cm³/mol. The molecular weight excluding hydrogens is 209 g/mol. The topological polar surface area (TPSA) is 41.1 Å². The van der Waals surface area contributed by atoms with Gasteiger partial charge < -0.3 is 10.6 Å². The van der Waals surface area contributed by atoms with Crippen molar-refractivity contribution in [3.05, 3.63) is 0 Å². The third kappa shape index (κ3) is 5.61. The van der Waals surface area contributed by atoms with Crippen molar-refractivity contribution in [3.8, 4) is 0 Å². The van der Waals surface area contributed by atoms with Gasteiger partial charge in [0.2, 0.25) is 5.91 Å². The first-order chi connectivity index (χ1) is 6.97. The Balaban J connectivity index is 2.15. The molecule has 0 radical (unpaired) electrons. The zero-order valence-corrected chi connectivity index (χ0v) is 8.36. The Morgan fingerprint density at radius 1 is 1.47 bits per heavy atom. The van der Waals surface area contributed by atoms with Crippen LogP contribution < -0.4 is 10.6 Å². The average Bonchev–Trinajstić information content (AvgIpc) is 2.14. The van der Waals surface area contributed by atoms with E-state index in [1.54, 1.807) is 0 Å². The highest BCUT2D eigenvalue weighted by atomic mass is 19.4. The Hall–Kier alpha value is -0.780. The van der Waals surface area contributed by atoms with Crippen molar-refractivity contribution in [2.75, 3.05) is 19.6 Å². The van der Waals surface area contributed by atoms with Gasteiger partial charge in [0.05, 0.1) is 0 Å². The molecule has 0 unspecified atom stereocenters. The Labute approximate surface area is 86.4 Å². The summed E-state index contributed by atoms with van der Waals surface area (Å²) < 4.78 is 35.4. The van der Waals surface area contributed by atoms with Gasteiger partial charge in [-0.3, -0.25) is 4.79 Å². The van der Waals surface area contributed by atoms with Crippen molar-refractivity contribution in [2.45, 2.75) is 25.4 Å². The molecule has 6 heteroatoms. The molecule has 0 aromatic carbocycles. The minimum Gasteiger partial charge on any atom is -0.355 e. The molecule has 88 valence electrons. The van der Waals surface area contributed by atoms with Crippen LogP contribution in [0.15, 0.2) is 0 Å². The first kappa shape index (κ1) is 12.3. The molecule has 0 aromatic rings. The molecule has 0 aliphatic carbocycles. The summed E-state index contributed by atoms with van der Waals surface area (Å²) in [5.74, 6) is -0.677. The van der Waals surface area contributed by atoms with Gasteiger partial charge in [0.25, 0.3) is 0 Å². The number of nitrogens with one attached hydrogen (secondary N) is 2. The van der Waals surface area contributed by atoms with Gasteiger partial charge in [-0.05, 0) is 31.8 Å². The lowest BCUT2D eigenvalue weighted by Crippen LogP contribution is -2.39. The molecule has 2 N–H and O–H groups in total. The van der Waals surface area contributed by atoms with E-state index in [2.05, 4.69) is 10.6 Å². The molecule has 1 aliphatic rings. The van der Waals surface area contributed by atoms with E-state index >= 15 is 0 Å². The van der Waals surface area contributed by atoms with Gasteiger partial charge in [-0.2, -0.15) is 13.2 Å². The summed E-state index contributed by atoms with van der Waals surface area (Å²) in [6.07, 6.45) is -3.82. The molecule has 1 aliphatic heterocycles. The number of carbonyl (C=O) groups excluding carboxylic acids is 1. The highest BCUT2D eigenvalue weighted by molar-refractivity contribution is 5.76. The SMILES string of the molecule is O=C(CC(F)(F)F)NC[C@H]1CCCNC1. The molecule has 1 rings (SSSR count).